The minimum absolute atomic E-state index is 0.0885. The molecule has 0 radical (unpaired) electrons. The number of hydrogen-bond donors (Lipinski definition) is 4. The van der Waals surface area contributed by atoms with Gasteiger partial charge in [-0.1, -0.05) is 24.3 Å². The molecule has 2 aromatic heterocycles. The van der Waals surface area contributed by atoms with Crippen LogP contribution >= 0.6 is 0 Å². The molecule has 0 spiro atoms. The molecular formula is C24H20N4O8S. The Hall–Kier alpha value is -4.65. The molecule has 190 valence electrons. The lowest BCUT2D eigenvalue weighted by Gasteiger charge is -2.08. The molecule has 5 rings (SSSR count). The van der Waals surface area contributed by atoms with Gasteiger partial charge in [-0.05, 0) is 0 Å². The van der Waals surface area contributed by atoms with Gasteiger partial charge in [0.05, 0.1) is 44.4 Å². The molecule has 0 aliphatic heterocycles. The predicted octanol–water partition coefficient (Wildman–Crippen LogP) is -0.244. The fourth-order valence-electron chi connectivity index (χ4n) is 4.66. The first-order chi connectivity index (χ1) is 17.4. The van der Waals surface area contributed by atoms with Crippen LogP contribution < -0.4 is 33.4 Å². The van der Waals surface area contributed by atoms with Gasteiger partial charge in [-0.2, -0.15) is 0 Å². The van der Waals surface area contributed by atoms with Crippen molar-refractivity contribution in [3.8, 4) is 11.8 Å². The van der Waals surface area contributed by atoms with E-state index in [1.54, 1.807) is 12.1 Å². The van der Waals surface area contributed by atoms with Crippen molar-refractivity contribution in [2.45, 2.75) is 13.1 Å². The minimum atomic E-state index is -3.86. The van der Waals surface area contributed by atoms with Gasteiger partial charge >= 0.3 is 0 Å². The van der Waals surface area contributed by atoms with Crippen LogP contribution in [0.5, 0.6) is 11.8 Å². The van der Waals surface area contributed by atoms with Crippen LogP contribution in [0.4, 0.5) is 11.4 Å². The highest BCUT2D eigenvalue weighted by molar-refractivity contribution is 7.91. The van der Waals surface area contributed by atoms with Gasteiger partial charge in [0.2, 0.25) is 0 Å². The Labute approximate surface area is 206 Å². The second kappa shape index (κ2) is 8.20. The zero-order valence-corrected chi connectivity index (χ0v) is 19.9. The van der Waals surface area contributed by atoms with Crippen molar-refractivity contribution in [2.75, 3.05) is 23.0 Å². The molecule has 2 heterocycles. The summed E-state index contributed by atoms with van der Waals surface area (Å²) >= 11 is 0. The number of nitrogens with two attached hydrogens (primary N) is 2. The van der Waals surface area contributed by atoms with Crippen LogP contribution in [-0.2, 0) is 22.9 Å². The van der Waals surface area contributed by atoms with Gasteiger partial charge in [-0.15, -0.1) is 0 Å². The topological polar surface area (TPSA) is 205 Å². The van der Waals surface area contributed by atoms with E-state index in [0.29, 0.717) is 4.57 Å². The third-order valence-corrected chi connectivity index (χ3v) is 8.16. The van der Waals surface area contributed by atoms with E-state index in [4.69, 9.17) is 11.5 Å². The van der Waals surface area contributed by atoms with Crippen molar-refractivity contribution in [3.63, 3.8) is 0 Å². The van der Waals surface area contributed by atoms with Crippen LogP contribution in [0.25, 0.3) is 32.3 Å². The Morgan fingerprint density at radius 3 is 1.49 bits per heavy atom. The second-order valence-electron chi connectivity index (χ2n) is 8.65. The molecule has 13 heteroatoms. The fraction of sp³-hybridized carbons (Fsp3) is 0.167. The van der Waals surface area contributed by atoms with Crippen molar-refractivity contribution < 1.29 is 18.6 Å². The molecule has 0 aliphatic rings. The summed E-state index contributed by atoms with van der Waals surface area (Å²) in [4.78, 5) is 52.6. The summed E-state index contributed by atoms with van der Waals surface area (Å²) in [5, 5.41) is 18.3. The van der Waals surface area contributed by atoms with E-state index in [2.05, 4.69) is 0 Å². The summed E-state index contributed by atoms with van der Waals surface area (Å²) in [6.45, 7) is -0.795. The number of sulfone groups is 1. The van der Waals surface area contributed by atoms with Crippen molar-refractivity contribution >= 4 is 53.5 Å². The summed E-state index contributed by atoms with van der Waals surface area (Å²) in [6.07, 6.45) is 0. The van der Waals surface area contributed by atoms with E-state index < -0.39 is 49.9 Å². The van der Waals surface area contributed by atoms with E-state index in [0.717, 1.165) is 4.57 Å². The van der Waals surface area contributed by atoms with Crippen molar-refractivity contribution in [1.82, 2.24) is 9.13 Å². The fourth-order valence-corrected chi connectivity index (χ4v) is 5.78. The average molecular weight is 525 g/mol. The normalized spacial score (nSPS) is 12.2. The Morgan fingerprint density at radius 1 is 0.649 bits per heavy atom. The molecule has 0 saturated heterocycles. The van der Waals surface area contributed by atoms with Crippen LogP contribution in [0, 0.1) is 0 Å². The third-order valence-electron chi connectivity index (χ3n) is 6.55. The molecule has 0 aliphatic carbocycles. The number of nitrogen functional groups attached to an aromatic ring is 2. The van der Waals surface area contributed by atoms with Crippen molar-refractivity contribution in [3.05, 3.63) is 77.6 Å². The highest BCUT2D eigenvalue weighted by Crippen LogP contribution is 2.31. The molecule has 0 saturated carbocycles. The molecule has 6 N–H and O–H groups in total. The highest BCUT2D eigenvalue weighted by Gasteiger charge is 2.26. The molecule has 0 amide bonds. The summed E-state index contributed by atoms with van der Waals surface area (Å²) < 4.78 is 26.8. The highest BCUT2D eigenvalue weighted by atomic mass is 32.2. The number of rotatable bonds is 6. The zero-order valence-electron chi connectivity index (χ0n) is 19.1. The van der Waals surface area contributed by atoms with Gasteiger partial charge in [0, 0.05) is 36.0 Å². The van der Waals surface area contributed by atoms with Crippen LogP contribution in [0.1, 0.15) is 0 Å². The molecule has 0 bridgehead atoms. The Bertz CT molecular complexity index is 1960. The SMILES string of the molecule is Nc1c2c(=O)c3ccccc3c(=O)c2c(N)c2c(=O)n(CCS(=O)(=O)CCn3c(O)ccc3O)c(=O)c12. The maximum atomic E-state index is 13.2. The molecule has 5 aromatic rings. The molecule has 0 unspecified atom stereocenters. The summed E-state index contributed by atoms with van der Waals surface area (Å²) in [7, 11) is -3.86. The van der Waals surface area contributed by atoms with E-state index in [-0.39, 0.29) is 62.0 Å². The van der Waals surface area contributed by atoms with Crippen LogP contribution in [0.2, 0.25) is 0 Å². The number of hydrogen-bond acceptors (Lipinski definition) is 10. The lowest BCUT2D eigenvalue weighted by molar-refractivity contribution is 0.373. The summed E-state index contributed by atoms with van der Waals surface area (Å²) in [6, 6.07) is 8.42. The maximum Gasteiger partial charge on any atom is 0.263 e. The summed E-state index contributed by atoms with van der Waals surface area (Å²) in [5.41, 5.74) is 8.51. The van der Waals surface area contributed by atoms with E-state index in [1.165, 1.54) is 24.3 Å². The molecule has 37 heavy (non-hydrogen) atoms. The largest absolute Gasteiger partial charge is 0.494 e. The van der Waals surface area contributed by atoms with Gasteiger partial charge in [-0.3, -0.25) is 28.3 Å². The number of fused-ring (bicyclic) bond motifs is 3. The van der Waals surface area contributed by atoms with Crippen molar-refractivity contribution in [2.24, 2.45) is 0 Å². The van der Waals surface area contributed by atoms with Crippen molar-refractivity contribution in [1.29, 1.82) is 0 Å². The number of anilines is 2. The minimum Gasteiger partial charge on any atom is -0.494 e. The molecular weight excluding hydrogens is 504 g/mol. The zero-order chi connectivity index (χ0) is 26.8. The molecule has 12 nitrogen and oxygen atoms in total. The quantitative estimate of drug-likeness (QED) is 0.130. The standard InChI is InChI=1S/C24H20N4O8S/c25-19-15-16(22(32)12-4-2-1-3-11(12)21(15)31)20(26)18-17(19)23(33)28(24(18)34)8-10-37(35,36)9-7-27-13(29)5-6-14(27)30/h1-6,29-30H,7-10,25-26H2. The number of benzene rings is 3. The van der Waals surface area contributed by atoms with Gasteiger partial charge in [0.25, 0.3) is 11.1 Å². The Morgan fingerprint density at radius 2 is 1.05 bits per heavy atom. The van der Waals surface area contributed by atoms with Crippen LogP contribution in [0.15, 0.2) is 55.6 Å². The number of aromatic nitrogens is 2. The first-order valence-corrected chi connectivity index (χ1v) is 12.8. The first kappa shape index (κ1) is 24.1. The predicted molar refractivity (Wildman–Crippen MR) is 140 cm³/mol. The number of nitrogens with zero attached hydrogens (tertiary/aromatic N) is 2. The lowest BCUT2D eigenvalue weighted by Crippen LogP contribution is -2.30. The first-order valence-electron chi connectivity index (χ1n) is 11.0. The van der Waals surface area contributed by atoms with Crippen LogP contribution in [0.3, 0.4) is 0 Å². The maximum absolute atomic E-state index is 13.2. The smallest absolute Gasteiger partial charge is 0.263 e. The summed E-state index contributed by atoms with van der Waals surface area (Å²) in [5.74, 6) is -1.76. The van der Waals surface area contributed by atoms with Crippen LogP contribution in [-0.4, -0.2) is 39.3 Å². The van der Waals surface area contributed by atoms with Gasteiger partial charge in [0.1, 0.15) is 0 Å². The molecule has 3 aromatic carbocycles. The molecule has 0 atom stereocenters. The third kappa shape index (κ3) is 3.54. The van der Waals surface area contributed by atoms with Gasteiger partial charge < -0.3 is 21.7 Å². The van der Waals surface area contributed by atoms with E-state index >= 15 is 0 Å². The van der Waals surface area contributed by atoms with E-state index in [9.17, 15) is 37.8 Å². The molecule has 0 fully saturated rings. The van der Waals surface area contributed by atoms with Gasteiger partial charge in [-0.25, -0.2) is 8.42 Å². The average Bonchev–Trinajstić information content (AvgIpc) is 3.31. The Balaban J connectivity index is 1.61. The second-order valence-corrected chi connectivity index (χ2v) is 10.9. The lowest BCUT2D eigenvalue weighted by atomic mass is 9.97. The number of aromatic hydroxyl groups is 2. The van der Waals surface area contributed by atoms with Gasteiger partial charge in [0.15, 0.2) is 32.5 Å². The Kier molecular flexibility index (Phi) is 5.33. The monoisotopic (exact) mass is 524 g/mol. The van der Waals surface area contributed by atoms with E-state index in [1.807, 2.05) is 0 Å².